The van der Waals surface area contributed by atoms with Gasteiger partial charge < -0.3 is 20.5 Å². The average Bonchev–Trinajstić information content (AvgIpc) is 2.86. The number of aryl methyl sites for hydroxylation is 1. The van der Waals surface area contributed by atoms with Gasteiger partial charge in [-0.1, -0.05) is 18.2 Å². The summed E-state index contributed by atoms with van der Waals surface area (Å²) in [4.78, 5) is 0. The number of anilines is 1. The summed E-state index contributed by atoms with van der Waals surface area (Å²) in [5.74, 6) is 0. The smallest absolute Gasteiger partial charge is 0.102 e. The van der Waals surface area contributed by atoms with Crippen LogP contribution in [0.2, 0.25) is 0 Å². The predicted octanol–water partition coefficient (Wildman–Crippen LogP) is 1.29. The first-order valence-electron chi connectivity index (χ1n) is 7.12. The lowest BCUT2D eigenvalue weighted by atomic mass is 9.99. The molecule has 3 rings (SSSR count). The Morgan fingerprint density at radius 1 is 1.42 bits per heavy atom. The molecule has 2 heterocycles. The van der Waals surface area contributed by atoms with Gasteiger partial charge in [0.15, 0.2) is 0 Å². The minimum Gasteiger partial charge on any atom is -0.386 e. The molecule has 4 heteroatoms. The Bertz CT molecular complexity index is 442. The quantitative estimate of drug-likeness (QED) is 0.765. The first kappa shape index (κ1) is 12.9. The van der Waals surface area contributed by atoms with Gasteiger partial charge in [0, 0.05) is 38.3 Å². The Labute approximate surface area is 114 Å². The van der Waals surface area contributed by atoms with E-state index < -0.39 is 5.60 Å². The molecule has 3 N–H and O–H groups in total. The van der Waals surface area contributed by atoms with Crippen LogP contribution < -0.4 is 10.6 Å². The Balaban J connectivity index is 1.61. The zero-order chi connectivity index (χ0) is 13.1. The van der Waals surface area contributed by atoms with Crippen LogP contribution in [0.25, 0.3) is 0 Å². The molecule has 0 aromatic heterocycles. The summed E-state index contributed by atoms with van der Waals surface area (Å²) in [6.07, 6.45) is 3.10. The van der Waals surface area contributed by atoms with E-state index in [1.807, 2.05) is 0 Å². The van der Waals surface area contributed by atoms with Crippen molar-refractivity contribution in [2.24, 2.45) is 0 Å². The van der Waals surface area contributed by atoms with Crippen LogP contribution in [-0.2, 0) is 17.7 Å². The third-order valence-electron chi connectivity index (χ3n) is 4.01. The Hall–Kier alpha value is -1.10. The molecule has 19 heavy (non-hydrogen) atoms. The van der Waals surface area contributed by atoms with Gasteiger partial charge in [-0.15, -0.1) is 0 Å². The number of para-hydroxylation sites is 1. The lowest BCUT2D eigenvalue weighted by Gasteiger charge is -2.24. The van der Waals surface area contributed by atoms with Crippen molar-refractivity contribution in [3.05, 3.63) is 29.3 Å². The van der Waals surface area contributed by atoms with Gasteiger partial charge >= 0.3 is 0 Å². The Morgan fingerprint density at radius 2 is 2.37 bits per heavy atom. The van der Waals surface area contributed by atoms with Crippen LogP contribution in [0.15, 0.2) is 18.2 Å². The highest BCUT2D eigenvalue weighted by molar-refractivity contribution is 5.59. The summed E-state index contributed by atoms with van der Waals surface area (Å²) >= 11 is 0. The van der Waals surface area contributed by atoms with Crippen molar-refractivity contribution in [3.8, 4) is 0 Å². The molecular weight excluding hydrogens is 240 g/mol. The average molecular weight is 262 g/mol. The van der Waals surface area contributed by atoms with Crippen molar-refractivity contribution in [2.75, 3.05) is 31.6 Å². The number of nitrogens with one attached hydrogen (secondary N) is 2. The molecule has 0 spiro atoms. The van der Waals surface area contributed by atoms with E-state index in [-0.39, 0.29) is 0 Å². The molecule has 1 saturated heterocycles. The largest absolute Gasteiger partial charge is 0.386 e. The van der Waals surface area contributed by atoms with Crippen LogP contribution in [0.3, 0.4) is 0 Å². The summed E-state index contributed by atoms with van der Waals surface area (Å²) in [6.45, 7) is 3.56. The number of hydrogen-bond donors (Lipinski definition) is 3. The molecule has 2 aliphatic rings. The fraction of sp³-hybridized carbons (Fsp3) is 0.600. The number of hydrogen-bond acceptors (Lipinski definition) is 4. The Kier molecular flexibility index (Phi) is 3.73. The summed E-state index contributed by atoms with van der Waals surface area (Å²) < 4.78 is 5.25. The molecule has 0 saturated carbocycles. The predicted molar refractivity (Wildman–Crippen MR) is 75.3 cm³/mol. The maximum absolute atomic E-state index is 10.2. The highest BCUT2D eigenvalue weighted by Gasteiger charge is 2.31. The summed E-state index contributed by atoms with van der Waals surface area (Å²) in [5.41, 5.74) is 3.31. The maximum Gasteiger partial charge on any atom is 0.102 e. The van der Waals surface area contributed by atoms with Crippen molar-refractivity contribution in [3.63, 3.8) is 0 Å². The second-order valence-corrected chi connectivity index (χ2v) is 5.61. The highest BCUT2D eigenvalue weighted by atomic mass is 16.5. The summed E-state index contributed by atoms with van der Waals surface area (Å²) in [7, 11) is 0. The van der Waals surface area contributed by atoms with E-state index >= 15 is 0 Å². The lowest BCUT2D eigenvalue weighted by molar-refractivity contribution is 0.0268. The molecule has 1 atom stereocenters. The van der Waals surface area contributed by atoms with Crippen LogP contribution in [0.4, 0.5) is 5.69 Å². The van der Waals surface area contributed by atoms with Crippen LogP contribution in [0.5, 0.6) is 0 Å². The van der Waals surface area contributed by atoms with Crippen molar-refractivity contribution in [2.45, 2.75) is 31.4 Å². The zero-order valence-corrected chi connectivity index (χ0v) is 11.2. The number of fused-ring (bicyclic) bond motifs is 1. The monoisotopic (exact) mass is 262 g/mol. The highest BCUT2D eigenvalue weighted by Crippen LogP contribution is 2.26. The SMILES string of the molecule is OC1(CNCc2cccc3c2NCCC3)CCOC1. The van der Waals surface area contributed by atoms with Crippen LogP contribution in [0.1, 0.15) is 24.0 Å². The number of benzene rings is 1. The van der Waals surface area contributed by atoms with E-state index in [9.17, 15) is 5.11 Å². The van der Waals surface area contributed by atoms with Crippen molar-refractivity contribution < 1.29 is 9.84 Å². The first-order chi connectivity index (χ1) is 9.27. The summed E-state index contributed by atoms with van der Waals surface area (Å²) in [6, 6.07) is 6.47. The van der Waals surface area contributed by atoms with Crippen LogP contribution in [0, 0.1) is 0 Å². The molecule has 1 aromatic rings. The standard InChI is InChI=1S/C15H22N2O2/c18-15(6-8-19-11-15)10-16-9-13-4-1-3-12-5-2-7-17-14(12)13/h1,3-4,16-18H,2,5-11H2. The fourth-order valence-electron chi connectivity index (χ4n) is 2.89. The molecule has 2 aliphatic heterocycles. The zero-order valence-electron chi connectivity index (χ0n) is 11.2. The molecule has 4 nitrogen and oxygen atoms in total. The minimum absolute atomic E-state index is 0.450. The third-order valence-corrected chi connectivity index (χ3v) is 4.01. The Morgan fingerprint density at radius 3 is 3.21 bits per heavy atom. The van der Waals surface area contributed by atoms with E-state index in [1.54, 1.807) is 0 Å². The molecule has 0 aliphatic carbocycles. The molecule has 1 aromatic carbocycles. The van der Waals surface area contributed by atoms with Gasteiger partial charge in [0.2, 0.25) is 0 Å². The second-order valence-electron chi connectivity index (χ2n) is 5.61. The van der Waals surface area contributed by atoms with Gasteiger partial charge in [-0.05, 0) is 24.0 Å². The van der Waals surface area contributed by atoms with Crippen LogP contribution >= 0.6 is 0 Å². The van der Waals surface area contributed by atoms with Crippen molar-refractivity contribution >= 4 is 5.69 Å². The van der Waals surface area contributed by atoms with Gasteiger partial charge in [0.25, 0.3) is 0 Å². The normalized spacial score (nSPS) is 25.9. The minimum atomic E-state index is -0.678. The molecule has 1 unspecified atom stereocenters. The lowest BCUT2D eigenvalue weighted by Crippen LogP contribution is -2.40. The third kappa shape index (κ3) is 2.91. The molecule has 0 radical (unpaired) electrons. The van der Waals surface area contributed by atoms with Crippen molar-refractivity contribution in [1.29, 1.82) is 0 Å². The second kappa shape index (κ2) is 5.49. The molecule has 0 amide bonds. The van der Waals surface area contributed by atoms with Gasteiger partial charge in [-0.2, -0.15) is 0 Å². The maximum atomic E-state index is 10.2. The van der Waals surface area contributed by atoms with Gasteiger partial charge in [0.05, 0.1) is 6.61 Å². The van der Waals surface area contributed by atoms with Gasteiger partial charge in [-0.3, -0.25) is 0 Å². The number of aliphatic hydroxyl groups is 1. The van der Waals surface area contributed by atoms with Crippen LogP contribution in [-0.4, -0.2) is 37.0 Å². The number of rotatable bonds is 4. The molecule has 104 valence electrons. The number of ether oxygens (including phenoxy) is 1. The summed E-state index contributed by atoms with van der Waals surface area (Å²) in [5, 5.41) is 17.1. The molecular formula is C15H22N2O2. The van der Waals surface area contributed by atoms with Gasteiger partial charge in [0.1, 0.15) is 5.60 Å². The van der Waals surface area contributed by atoms with E-state index in [1.165, 1.54) is 23.2 Å². The topological polar surface area (TPSA) is 53.5 Å². The van der Waals surface area contributed by atoms with E-state index in [2.05, 4.69) is 28.8 Å². The van der Waals surface area contributed by atoms with Gasteiger partial charge in [-0.25, -0.2) is 0 Å². The van der Waals surface area contributed by atoms with E-state index in [0.29, 0.717) is 19.8 Å². The first-order valence-corrected chi connectivity index (χ1v) is 7.12. The van der Waals surface area contributed by atoms with Crippen molar-refractivity contribution in [1.82, 2.24) is 5.32 Å². The molecule has 1 fully saturated rings. The van der Waals surface area contributed by atoms with E-state index in [4.69, 9.17) is 4.74 Å². The molecule has 0 bridgehead atoms. The van der Waals surface area contributed by atoms with E-state index in [0.717, 1.165) is 25.9 Å². The fourth-order valence-corrected chi connectivity index (χ4v) is 2.89.